The molecule has 1 unspecified atom stereocenters. The SMILES string of the molecule is COCc1nc(C2CCCCN2CCn2cncn2)n[nH]1. The lowest BCUT2D eigenvalue weighted by Crippen LogP contribution is -2.36. The van der Waals surface area contributed by atoms with Gasteiger partial charge in [0, 0.05) is 13.7 Å². The second kappa shape index (κ2) is 6.77. The molecule has 0 aliphatic carbocycles. The summed E-state index contributed by atoms with van der Waals surface area (Å²) in [5, 5.41) is 11.5. The smallest absolute Gasteiger partial charge is 0.167 e. The molecule has 2 aromatic heterocycles. The van der Waals surface area contributed by atoms with Crippen LogP contribution in [0.1, 0.15) is 37.0 Å². The molecule has 0 bridgehead atoms. The summed E-state index contributed by atoms with van der Waals surface area (Å²) in [6, 6.07) is 0.282. The highest BCUT2D eigenvalue weighted by molar-refractivity contribution is 4.98. The average molecular weight is 291 g/mol. The van der Waals surface area contributed by atoms with Crippen molar-refractivity contribution in [3.8, 4) is 0 Å². The van der Waals surface area contributed by atoms with E-state index in [2.05, 4.69) is 30.2 Å². The molecule has 3 heterocycles. The molecule has 3 rings (SSSR count). The summed E-state index contributed by atoms with van der Waals surface area (Å²) in [7, 11) is 1.66. The first-order valence-corrected chi connectivity index (χ1v) is 7.33. The summed E-state index contributed by atoms with van der Waals surface area (Å²) in [4.78, 5) is 11.0. The molecule has 1 saturated heterocycles. The number of rotatable bonds is 6. The van der Waals surface area contributed by atoms with Crippen LogP contribution in [0, 0.1) is 0 Å². The van der Waals surface area contributed by atoms with Gasteiger partial charge in [0.25, 0.3) is 0 Å². The van der Waals surface area contributed by atoms with E-state index in [1.807, 2.05) is 4.68 Å². The fourth-order valence-electron chi connectivity index (χ4n) is 2.79. The number of hydrogen-bond donors (Lipinski definition) is 1. The van der Waals surface area contributed by atoms with E-state index < -0.39 is 0 Å². The second-order valence-electron chi connectivity index (χ2n) is 5.28. The molecule has 1 aliphatic rings. The van der Waals surface area contributed by atoms with Gasteiger partial charge in [0.2, 0.25) is 0 Å². The lowest BCUT2D eigenvalue weighted by atomic mass is 10.0. The van der Waals surface area contributed by atoms with Crippen molar-refractivity contribution < 1.29 is 4.74 Å². The summed E-state index contributed by atoms with van der Waals surface area (Å²) >= 11 is 0. The normalized spacial score (nSPS) is 20.0. The lowest BCUT2D eigenvalue weighted by Gasteiger charge is -2.33. The van der Waals surface area contributed by atoms with Crippen molar-refractivity contribution in [2.24, 2.45) is 0 Å². The Morgan fingerprint density at radius 2 is 2.33 bits per heavy atom. The van der Waals surface area contributed by atoms with Crippen molar-refractivity contribution >= 4 is 0 Å². The number of hydrogen-bond acceptors (Lipinski definition) is 6. The third-order valence-electron chi connectivity index (χ3n) is 3.82. The van der Waals surface area contributed by atoms with E-state index in [-0.39, 0.29) is 6.04 Å². The third kappa shape index (κ3) is 3.45. The molecular weight excluding hydrogens is 270 g/mol. The Hall–Kier alpha value is -1.80. The number of aromatic nitrogens is 6. The van der Waals surface area contributed by atoms with Crippen molar-refractivity contribution in [1.29, 1.82) is 0 Å². The van der Waals surface area contributed by atoms with Crippen LogP contribution in [-0.2, 0) is 17.9 Å². The van der Waals surface area contributed by atoms with Crippen LogP contribution in [0.5, 0.6) is 0 Å². The summed E-state index contributed by atoms with van der Waals surface area (Å²) < 4.78 is 6.95. The first-order valence-electron chi connectivity index (χ1n) is 7.33. The number of likely N-dealkylation sites (tertiary alicyclic amines) is 1. The van der Waals surface area contributed by atoms with Gasteiger partial charge in [-0.3, -0.25) is 14.7 Å². The molecule has 1 aliphatic heterocycles. The van der Waals surface area contributed by atoms with Crippen LogP contribution in [0.3, 0.4) is 0 Å². The maximum Gasteiger partial charge on any atom is 0.167 e. The summed E-state index contributed by atoms with van der Waals surface area (Å²) in [5.74, 6) is 1.66. The molecule has 1 atom stereocenters. The fraction of sp³-hybridized carbons (Fsp3) is 0.692. The minimum absolute atomic E-state index is 0.282. The monoisotopic (exact) mass is 291 g/mol. The molecule has 8 heteroatoms. The van der Waals surface area contributed by atoms with E-state index in [4.69, 9.17) is 4.74 Å². The number of methoxy groups -OCH3 is 1. The Balaban J connectivity index is 1.65. The van der Waals surface area contributed by atoms with E-state index in [9.17, 15) is 0 Å². The van der Waals surface area contributed by atoms with Crippen LogP contribution in [0.2, 0.25) is 0 Å². The van der Waals surface area contributed by atoms with Gasteiger partial charge in [0.15, 0.2) is 11.6 Å². The fourth-order valence-corrected chi connectivity index (χ4v) is 2.79. The van der Waals surface area contributed by atoms with Crippen LogP contribution in [-0.4, -0.2) is 55.0 Å². The van der Waals surface area contributed by atoms with E-state index in [0.29, 0.717) is 6.61 Å². The maximum atomic E-state index is 5.09. The van der Waals surface area contributed by atoms with E-state index in [1.165, 1.54) is 12.8 Å². The third-order valence-corrected chi connectivity index (χ3v) is 3.82. The van der Waals surface area contributed by atoms with Gasteiger partial charge >= 0.3 is 0 Å². The molecule has 0 aromatic carbocycles. The Kier molecular flexibility index (Phi) is 4.56. The number of H-pyrrole nitrogens is 1. The molecule has 21 heavy (non-hydrogen) atoms. The lowest BCUT2D eigenvalue weighted by molar-refractivity contribution is 0.135. The Bertz CT molecular complexity index is 538. The van der Waals surface area contributed by atoms with Gasteiger partial charge in [-0.15, -0.1) is 0 Å². The average Bonchev–Trinajstić information content (AvgIpc) is 3.17. The predicted octanol–water partition coefficient (Wildman–Crippen LogP) is 0.770. The van der Waals surface area contributed by atoms with Crippen LogP contribution >= 0.6 is 0 Å². The van der Waals surface area contributed by atoms with Crippen LogP contribution in [0.15, 0.2) is 12.7 Å². The zero-order valence-corrected chi connectivity index (χ0v) is 12.3. The van der Waals surface area contributed by atoms with Crippen molar-refractivity contribution in [1.82, 2.24) is 34.8 Å². The molecule has 2 aromatic rings. The Morgan fingerprint density at radius 1 is 1.38 bits per heavy atom. The first-order chi connectivity index (χ1) is 10.4. The quantitative estimate of drug-likeness (QED) is 0.846. The van der Waals surface area contributed by atoms with Crippen molar-refractivity contribution in [3.05, 3.63) is 24.3 Å². The molecule has 1 fully saturated rings. The zero-order valence-electron chi connectivity index (χ0n) is 12.3. The van der Waals surface area contributed by atoms with E-state index in [0.717, 1.165) is 37.7 Å². The number of nitrogens with zero attached hydrogens (tertiary/aromatic N) is 6. The molecule has 114 valence electrons. The van der Waals surface area contributed by atoms with Gasteiger partial charge in [-0.25, -0.2) is 9.97 Å². The minimum atomic E-state index is 0.282. The van der Waals surface area contributed by atoms with Crippen molar-refractivity contribution in [3.63, 3.8) is 0 Å². The molecule has 0 spiro atoms. The summed E-state index contributed by atoms with van der Waals surface area (Å²) in [6.07, 6.45) is 6.87. The van der Waals surface area contributed by atoms with E-state index in [1.54, 1.807) is 19.8 Å². The predicted molar refractivity (Wildman–Crippen MR) is 75.3 cm³/mol. The highest BCUT2D eigenvalue weighted by Crippen LogP contribution is 2.28. The standard InChI is InChI=1S/C13H21N7O/c1-21-8-12-16-13(18-17-12)11-4-2-3-5-19(11)6-7-20-10-14-9-15-20/h9-11H,2-8H2,1H3,(H,16,17,18). The number of nitrogens with one attached hydrogen (secondary N) is 1. The van der Waals surface area contributed by atoms with Gasteiger partial charge in [0.1, 0.15) is 19.3 Å². The number of aromatic amines is 1. The van der Waals surface area contributed by atoms with Crippen molar-refractivity contribution in [2.75, 3.05) is 20.2 Å². The van der Waals surface area contributed by atoms with Crippen LogP contribution in [0.25, 0.3) is 0 Å². The molecule has 8 nitrogen and oxygen atoms in total. The largest absolute Gasteiger partial charge is 0.377 e. The van der Waals surface area contributed by atoms with Gasteiger partial charge < -0.3 is 4.74 Å². The maximum absolute atomic E-state index is 5.09. The molecule has 0 saturated carbocycles. The molecule has 1 N–H and O–H groups in total. The van der Waals surface area contributed by atoms with Gasteiger partial charge in [-0.05, 0) is 19.4 Å². The zero-order chi connectivity index (χ0) is 14.5. The van der Waals surface area contributed by atoms with Gasteiger partial charge in [-0.2, -0.15) is 10.2 Å². The Morgan fingerprint density at radius 3 is 3.14 bits per heavy atom. The minimum Gasteiger partial charge on any atom is -0.377 e. The number of piperidine rings is 1. The van der Waals surface area contributed by atoms with E-state index >= 15 is 0 Å². The first kappa shape index (κ1) is 14.2. The topological polar surface area (TPSA) is 84.8 Å². The van der Waals surface area contributed by atoms with Gasteiger partial charge in [0.05, 0.1) is 12.6 Å². The molecular formula is C13H21N7O. The summed E-state index contributed by atoms with van der Waals surface area (Å²) in [5.41, 5.74) is 0. The van der Waals surface area contributed by atoms with Gasteiger partial charge in [-0.1, -0.05) is 6.42 Å². The highest BCUT2D eigenvalue weighted by Gasteiger charge is 2.27. The summed E-state index contributed by atoms with van der Waals surface area (Å²) in [6.45, 7) is 3.32. The van der Waals surface area contributed by atoms with Crippen LogP contribution < -0.4 is 0 Å². The number of ether oxygens (including phenoxy) is 1. The highest BCUT2D eigenvalue weighted by atomic mass is 16.5. The molecule has 0 radical (unpaired) electrons. The van der Waals surface area contributed by atoms with Crippen molar-refractivity contribution in [2.45, 2.75) is 38.5 Å². The molecule has 0 amide bonds. The Labute approximate surface area is 123 Å². The van der Waals surface area contributed by atoms with Crippen LogP contribution in [0.4, 0.5) is 0 Å². The second-order valence-corrected chi connectivity index (χ2v) is 5.28.